The van der Waals surface area contributed by atoms with Crippen LogP contribution in [0.25, 0.3) is 0 Å². The van der Waals surface area contributed by atoms with Gasteiger partial charge in [-0.25, -0.2) is 26.3 Å². The molecule has 0 aliphatic rings. The Kier molecular flexibility index (Phi) is 9.88. The molecule has 9 heteroatoms. The van der Waals surface area contributed by atoms with E-state index in [9.17, 15) is 26.3 Å². The lowest BCUT2D eigenvalue weighted by atomic mass is 9.94. The Bertz CT molecular complexity index is 1970. The molecular weight excluding hydrogens is 697 g/mol. The molecule has 0 fully saturated rings. The van der Waals surface area contributed by atoms with Crippen LogP contribution in [0.15, 0.2) is 146 Å². The van der Waals surface area contributed by atoms with Crippen LogP contribution in [0.2, 0.25) is 0 Å². The normalized spacial score (nSPS) is 11.1. The van der Waals surface area contributed by atoms with Crippen LogP contribution in [-0.4, -0.2) is 0 Å². The molecule has 0 aliphatic heterocycles. The van der Waals surface area contributed by atoms with Gasteiger partial charge in [0.1, 0.15) is 34.9 Å². The molecule has 0 amide bonds. The van der Waals surface area contributed by atoms with Crippen molar-refractivity contribution in [1.29, 1.82) is 0 Å². The van der Waals surface area contributed by atoms with Crippen LogP contribution >= 0.6 is 0 Å². The van der Waals surface area contributed by atoms with Crippen molar-refractivity contribution in [3.05, 3.63) is 197 Å². The lowest BCUT2D eigenvalue weighted by Gasteiger charge is -2.38. The summed E-state index contributed by atoms with van der Waals surface area (Å²) in [5.41, 5.74) is 7.30. The van der Waals surface area contributed by atoms with Crippen LogP contribution in [0.3, 0.4) is 0 Å². The lowest BCUT2D eigenvalue weighted by molar-refractivity contribution is 0.627. The Labute approximate surface area is 309 Å². The van der Waals surface area contributed by atoms with Gasteiger partial charge < -0.3 is 14.7 Å². The predicted molar refractivity (Wildman–Crippen MR) is 204 cm³/mol. The Balaban J connectivity index is 1.64. The van der Waals surface area contributed by atoms with Gasteiger partial charge in [0.2, 0.25) is 0 Å². The van der Waals surface area contributed by atoms with Crippen molar-refractivity contribution < 1.29 is 26.3 Å². The smallest absolute Gasteiger partial charge is 0.123 e. The molecule has 0 heterocycles. The molecule has 0 radical (unpaired) electrons. The van der Waals surface area contributed by atoms with Crippen LogP contribution in [0.5, 0.6) is 0 Å². The second-order valence-electron chi connectivity index (χ2n) is 12.8. The third-order valence-electron chi connectivity index (χ3n) is 9.31. The average molecular weight is 730 g/mol. The van der Waals surface area contributed by atoms with Gasteiger partial charge in [-0.2, -0.15) is 0 Å². The van der Waals surface area contributed by atoms with Crippen molar-refractivity contribution in [2.75, 3.05) is 14.7 Å². The van der Waals surface area contributed by atoms with Crippen molar-refractivity contribution in [1.82, 2.24) is 0 Å². The molecule has 0 spiro atoms. The molecule has 3 nitrogen and oxygen atoms in total. The minimum Gasteiger partial charge on any atom is -0.310 e. The van der Waals surface area contributed by atoms with E-state index in [0.717, 1.165) is 0 Å². The van der Waals surface area contributed by atoms with Crippen LogP contribution in [0.4, 0.5) is 77.5 Å². The van der Waals surface area contributed by atoms with Crippen molar-refractivity contribution in [3.63, 3.8) is 0 Å². The second kappa shape index (κ2) is 14.9. The van der Waals surface area contributed by atoms with Crippen LogP contribution in [0.1, 0.15) is 16.7 Å². The van der Waals surface area contributed by atoms with E-state index in [-0.39, 0.29) is 0 Å². The van der Waals surface area contributed by atoms with E-state index in [2.05, 4.69) is 0 Å². The number of benzene rings is 7. The highest BCUT2D eigenvalue weighted by molar-refractivity contribution is 5.97. The molecule has 0 unspecified atom stereocenters. The molecule has 7 aromatic rings. The van der Waals surface area contributed by atoms with Gasteiger partial charge in [-0.05, 0) is 183 Å². The zero-order valence-electron chi connectivity index (χ0n) is 29.5. The number of anilines is 9. The summed E-state index contributed by atoms with van der Waals surface area (Å²) in [5.74, 6) is -2.70. The van der Waals surface area contributed by atoms with Gasteiger partial charge in [-0.3, -0.25) is 0 Å². The fourth-order valence-electron chi connectivity index (χ4n) is 6.95. The predicted octanol–water partition coefficient (Wildman–Crippen LogP) is 13.9. The molecule has 7 rings (SSSR count). The maximum absolute atomic E-state index is 14.4. The first-order valence-corrected chi connectivity index (χ1v) is 17.1. The number of rotatable bonds is 9. The van der Waals surface area contributed by atoms with Crippen molar-refractivity contribution >= 4 is 51.2 Å². The highest BCUT2D eigenvalue weighted by atomic mass is 19.1. The van der Waals surface area contributed by atoms with E-state index >= 15 is 0 Å². The standard InChI is InChI=1S/C45H33F6N3/c1-28-43(52(37-16-4-31(46)5-17-37)38-18-6-32(47)7-19-38)29(2)45(54(41-24-12-35(50)13-25-41)42-26-14-36(51)15-27-42)30(3)44(28)53(39-20-8-33(48)9-21-39)40-22-10-34(49)11-23-40/h4-27H,1-3H3. The summed E-state index contributed by atoms with van der Waals surface area (Å²) in [4.78, 5) is 5.66. The first kappa shape index (κ1) is 35.9. The minimum atomic E-state index is -0.450. The Morgan fingerprint density at radius 2 is 0.370 bits per heavy atom. The Morgan fingerprint density at radius 1 is 0.241 bits per heavy atom. The van der Waals surface area contributed by atoms with Gasteiger partial charge >= 0.3 is 0 Å². The number of nitrogens with zero attached hydrogens (tertiary/aromatic N) is 3. The van der Waals surface area contributed by atoms with E-state index in [4.69, 9.17) is 0 Å². The van der Waals surface area contributed by atoms with Gasteiger partial charge in [0.05, 0.1) is 17.1 Å². The third-order valence-corrected chi connectivity index (χ3v) is 9.31. The zero-order valence-corrected chi connectivity index (χ0v) is 29.5. The lowest BCUT2D eigenvalue weighted by Crippen LogP contribution is -2.22. The van der Waals surface area contributed by atoms with Gasteiger partial charge in [0, 0.05) is 34.1 Å². The fraction of sp³-hybridized carbons (Fsp3) is 0.0667. The first-order chi connectivity index (χ1) is 26.0. The summed E-state index contributed by atoms with van der Waals surface area (Å²) in [6, 6.07) is 35.4. The summed E-state index contributed by atoms with van der Waals surface area (Å²) >= 11 is 0. The second-order valence-corrected chi connectivity index (χ2v) is 12.8. The van der Waals surface area contributed by atoms with E-state index in [1.54, 1.807) is 72.8 Å². The number of hydrogen-bond donors (Lipinski definition) is 0. The summed E-state index contributed by atoms with van der Waals surface area (Å²) in [5, 5.41) is 0. The van der Waals surface area contributed by atoms with Crippen molar-refractivity contribution in [2.45, 2.75) is 20.8 Å². The maximum Gasteiger partial charge on any atom is 0.123 e. The van der Waals surface area contributed by atoms with Gasteiger partial charge in [0.25, 0.3) is 0 Å². The minimum absolute atomic E-state index is 0.450. The summed E-state index contributed by atoms with van der Waals surface area (Å²) in [6.45, 7) is 5.73. The summed E-state index contributed by atoms with van der Waals surface area (Å²) < 4.78 is 86.6. The SMILES string of the molecule is Cc1c(N(c2ccc(F)cc2)c2ccc(F)cc2)c(C)c(N(c2ccc(F)cc2)c2ccc(F)cc2)c(C)c1N(c1ccc(F)cc1)c1ccc(F)cc1. The van der Waals surface area contributed by atoms with Crippen molar-refractivity contribution in [3.8, 4) is 0 Å². The fourth-order valence-corrected chi connectivity index (χ4v) is 6.95. The van der Waals surface area contributed by atoms with E-state index in [1.165, 1.54) is 72.8 Å². The molecule has 7 aromatic carbocycles. The highest BCUT2D eigenvalue weighted by Gasteiger charge is 2.31. The Hall–Kier alpha value is -6.48. The highest BCUT2D eigenvalue weighted by Crippen LogP contribution is 2.53. The van der Waals surface area contributed by atoms with Crippen LogP contribution < -0.4 is 14.7 Å². The molecule has 0 atom stereocenters. The quantitative estimate of drug-likeness (QED) is 0.137. The zero-order chi connectivity index (χ0) is 38.1. The average Bonchev–Trinajstić information content (AvgIpc) is 3.17. The molecule has 0 bridgehead atoms. The van der Waals surface area contributed by atoms with E-state index < -0.39 is 34.9 Å². The molecule has 0 aliphatic carbocycles. The molecular formula is C45H33F6N3. The topological polar surface area (TPSA) is 9.72 Å². The molecule has 0 saturated carbocycles. The van der Waals surface area contributed by atoms with E-state index in [1.807, 2.05) is 35.5 Å². The van der Waals surface area contributed by atoms with Gasteiger partial charge in [0.15, 0.2) is 0 Å². The molecule has 0 N–H and O–H groups in total. The maximum atomic E-state index is 14.4. The largest absolute Gasteiger partial charge is 0.310 e. The summed E-state index contributed by atoms with van der Waals surface area (Å²) in [7, 11) is 0. The third kappa shape index (κ3) is 7.00. The number of halogens is 6. The van der Waals surface area contributed by atoms with Crippen LogP contribution in [0, 0.1) is 55.7 Å². The molecule has 0 aromatic heterocycles. The van der Waals surface area contributed by atoms with Crippen molar-refractivity contribution in [2.24, 2.45) is 0 Å². The summed E-state index contributed by atoms with van der Waals surface area (Å²) in [6.07, 6.45) is 0. The van der Waals surface area contributed by atoms with Gasteiger partial charge in [-0.15, -0.1) is 0 Å². The molecule has 0 saturated heterocycles. The first-order valence-electron chi connectivity index (χ1n) is 17.1. The van der Waals surface area contributed by atoms with Crippen LogP contribution in [-0.2, 0) is 0 Å². The molecule has 270 valence electrons. The Morgan fingerprint density at radius 3 is 0.500 bits per heavy atom. The number of hydrogen-bond acceptors (Lipinski definition) is 3. The van der Waals surface area contributed by atoms with Gasteiger partial charge in [-0.1, -0.05) is 0 Å². The molecule has 54 heavy (non-hydrogen) atoms. The van der Waals surface area contributed by atoms with E-state index in [0.29, 0.717) is 67.9 Å². The monoisotopic (exact) mass is 729 g/mol.